The average Bonchev–Trinajstić information content (AvgIpc) is 3.08. The van der Waals surface area contributed by atoms with Crippen molar-refractivity contribution in [1.82, 2.24) is 10.2 Å². The van der Waals surface area contributed by atoms with Gasteiger partial charge in [-0.2, -0.15) is 13.2 Å². The molecule has 136 valence electrons. The maximum absolute atomic E-state index is 12.1. The van der Waals surface area contributed by atoms with E-state index >= 15 is 0 Å². The lowest BCUT2D eigenvalue weighted by atomic mass is 10.2. The van der Waals surface area contributed by atoms with E-state index < -0.39 is 12.8 Å². The van der Waals surface area contributed by atoms with E-state index in [1.165, 1.54) is 23.9 Å². The Hall–Kier alpha value is -2.19. The van der Waals surface area contributed by atoms with E-state index in [0.717, 1.165) is 11.1 Å². The van der Waals surface area contributed by atoms with E-state index in [9.17, 15) is 13.2 Å². The molecule has 0 aliphatic rings. The number of nitrogens with zero attached hydrogens (tertiary/aromatic N) is 2. The Bertz CT molecular complexity index is 852. The second-order valence-electron chi connectivity index (χ2n) is 5.22. The van der Waals surface area contributed by atoms with Gasteiger partial charge in [0, 0.05) is 16.3 Å². The summed E-state index contributed by atoms with van der Waals surface area (Å²) in [5, 5.41) is 8.96. The van der Waals surface area contributed by atoms with Crippen LogP contribution in [0, 0.1) is 0 Å². The molecule has 0 unspecified atom stereocenters. The highest BCUT2D eigenvalue weighted by atomic mass is 35.5. The molecule has 1 heterocycles. The molecule has 0 spiro atoms. The van der Waals surface area contributed by atoms with Crippen LogP contribution in [0.25, 0.3) is 11.5 Å². The fraction of sp³-hybridized carbons (Fsp3) is 0.176. The van der Waals surface area contributed by atoms with E-state index in [1.54, 1.807) is 36.4 Å². The van der Waals surface area contributed by atoms with E-state index in [2.05, 4.69) is 14.9 Å². The van der Waals surface area contributed by atoms with Crippen LogP contribution in [0.1, 0.15) is 5.56 Å². The zero-order valence-corrected chi connectivity index (χ0v) is 14.7. The van der Waals surface area contributed by atoms with Crippen LogP contribution in [0.15, 0.2) is 58.2 Å². The van der Waals surface area contributed by atoms with E-state index in [-0.39, 0.29) is 5.75 Å². The van der Waals surface area contributed by atoms with Crippen LogP contribution in [0.3, 0.4) is 0 Å². The van der Waals surface area contributed by atoms with Gasteiger partial charge in [-0.15, -0.1) is 10.2 Å². The van der Waals surface area contributed by atoms with Crippen molar-refractivity contribution >= 4 is 23.4 Å². The van der Waals surface area contributed by atoms with Crippen LogP contribution in [-0.2, 0) is 5.75 Å². The Balaban J connectivity index is 1.55. The first kappa shape index (κ1) is 18.6. The fourth-order valence-corrected chi connectivity index (χ4v) is 2.81. The van der Waals surface area contributed by atoms with Crippen molar-refractivity contribution in [3.05, 3.63) is 59.1 Å². The number of halogens is 4. The largest absolute Gasteiger partial charge is 0.484 e. The van der Waals surface area contributed by atoms with Crippen LogP contribution >= 0.6 is 23.4 Å². The molecule has 0 radical (unpaired) electrons. The van der Waals surface area contributed by atoms with E-state index in [1.807, 2.05) is 0 Å². The lowest BCUT2D eigenvalue weighted by Crippen LogP contribution is -2.19. The minimum absolute atomic E-state index is 0.166. The number of benzene rings is 2. The number of aromatic nitrogens is 2. The summed E-state index contributed by atoms with van der Waals surface area (Å²) in [7, 11) is 0. The van der Waals surface area contributed by atoms with Crippen LogP contribution in [0.4, 0.5) is 13.2 Å². The lowest BCUT2D eigenvalue weighted by Gasteiger charge is -2.09. The monoisotopic (exact) mass is 400 g/mol. The highest BCUT2D eigenvalue weighted by molar-refractivity contribution is 7.98. The fourth-order valence-electron chi connectivity index (χ4n) is 1.97. The maximum atomic E-state index is 12.1. The van der Waals surface area contributed by atoms with Gasteiger partial charge < -0.3 is 9.15 Å². The molecule has 0 fully saturated rings. The van der Waals surface area contributed by atoms with Crippen molar-refractivity contribution in [2.75, 3.05) is 6.61 Å². The predicted octanol–water partition coefficient (Wildman–Crippen LogP) is 5.62. The van der Waals surface area contributed by atoms with Gasteiger partial charge >= 0.3 is 6.18 Å². The Morgan fingerprint density at radius 1 is 1.00 bits per heavy atom. The second kappa shape index (κ2) is 8.01. The number of thioether (sulfide) groups is 1. The lowest BCUT2D eigenvalue weighted by molar-refractivity contribution is -0.153. The predicted molar refractivity (Wildman–Crippen MR) is 92.3 cm³/mol. The zero-order chi connectivity index (χ0) is 18.6. The van der Waals surface area contributed by atoms with Crippen LogP contribution in [0.2, 0.25) is 5.02 Å². The Labute approximate surface area is 156 Å². The standard InChI is InChI=1S/C17H12ClF3N2O2S/c18-13-5-3-12(4-6-13)15-22-23-16(25-15)26-9-11-1-7-14(8-2-11)24-10-17(19,20)21/h1-8H,9-10H2. The molecule has 0 aliphatic carbocycles. The van der Waals surface area contributed by atoms with Crippen molar-refractivity contribution in [2.24, 2.45) is 0 Å². The molecule has 0 aliphatic heterocycles. The number of alkyl halides is 3. The number of rotatable bonds is 6. The first-order valence-corrected chi connectivity index (χ1v) is 8.76. The summed E-state index contributed by atoms with van der Waals surface area (Å²) in [5.41, 5.74) is 1.65. The van der Waals surface area contributed by atoms with Crippen molar-refractivity contribution in [2.45, 2.75) is 17.2 Å². The smallest absolute Gasteiger partial charge is 0.422 e. The summed E-state index contributed by atoms with van der Waals surface area (Å²) in [6.45, 7) is -1.31. The van der Waals surface area contributed by atoms with Gasteiger partial charge in [0.15, 0.2) is 6.61 Å². The Morgan fingerprint density at radius 2 is 1.69 bits per heavy atom. The number of hydrogen-bond donors (Lipinski definition) is 0. The third-order valence-electron chi connectivity index (χ3n) is 3.19. The summed E-state index contributed by atoms with van der Waals surface area (Å²) in [4.78, 5) is 0. The third kappa shape index (κ3) is 5.40. The summed E-state index contributed by atoms with van der Waals surface area (Å²) in [6, 6.07) is 13.4. The highest BCUT2D eigenvalue weighted by Gasteiger charge is 2.28. The second-order valence-corrected chi connectivity index (χ2v) is 6.58. The van der Waals surface area contributed by atoms with Crippen LogP contribution in [-0.4, -0.2) is 23.0 Å². The molecule has 0 bridgehead atoms. The van der Waals surface area contributed by atoms with E-state index in [4.69, 9.17) is 16.0 Å². The molecule has 3 rings (SSSR count). The summed E-state index contributed by atoms with van der Waals surface area (Å²) < 4.78 is 46.6. The topological polar surface area (TPSA) is 48.2 Å². The van der Waals surface area contributed by atoms with Crippen LogP contribution in [0.5, 0.6) is 5.75 Å². The molecular formula is C17H12ClF3N2O2S. The molecule has 3 aromatic rings. The zero-order valence-electron chi connectivity index (χ0n) is 13.2. The molecule has 4 nitrogen and oxygen atoms in total. The third-order valence-corrected chi connectivity index (χ3v) is 4.33. The molecule has 1 aromatic heterocycles. The molecule has 0 N–H and O–H groups in total. The average molecular weight is 401 g/mol. The molecule has 0 saturated heterocycles. The minimum Gasteiger partial charge on any atom is -0.484 e. The first-order chi connectivity index (χ1) is 12.4. The Morgan fingerprint density at radius 3 is 2.35 bits per heavy atom. The van der Waals surface area contributed by atoms with Crippen molar-refractivity contribution in [3.63, 3.8) is 0 Å². The van der Waals surface area contributed by atoms with Gasteiger partial charge in [-0.25, -0.2) is 0 Å². The van der Waals surface area contributed by atoms with Gasteiger partial charge in [0.2, 0.25) is 5.89 Å². The van der Waals surface area contributed by atoms with Gasteiger partial charge in [0.25, 0.3) is 5.22 Å². The van der Waals surface area contributed by atoms with E-state index in [0.29, 0.717) is 21.9 Å². The van der Waals surface area contributed by atoms with Gasteiger partial charge in [-0.3, -0.25) is 0 Å². The van der Waals surface area contributed by atoms with Gasteiger partial charge in [-0.05, 0) is 42.0 Å². The van der Waals surface area contributed by atoms with Gasteiger partial charge in [0.05, 0.1) is 0 Å². The molecule has 0 saturated carbocycles. The quantitative estimate of drug-likeness (QED) is 0.502. The normalized spacial score (nSPS) is 11.5. The number of ether oxygens (including phenoxy) is 1. The van der Waals surface area contributed by atoms with Gasteiger partial charge in [0.1, 0.15) is 5.75 Å². The molecular weight excluding hydrogens is 389 g/mol. The Kier molecular flexibility index (Phi) is 5.73. The summed E-state index contributed by atoms with van der Waals surface area (Å²) in [5.74, 6) is 1.08. The number of hydrogen-bond acceptors (Lipinski definition) is 5. The molecule has 26 heavy (non-hydrogen) atoms. The SMILES string of the molecule is FC(F)(F)COc1ccc(CSc2nnc(-c3ccc(Cl)cc3)o2)cc1. The van der Waals surface area contributed by atoms with Crippen LogP contribution < -0.4 is 4.74 Å². The molecule has 2 aromatic carbocycles. The van der Waals surface area contributed by atoms with Crippen molar-refractivity contribution in [1.29, 1.82) is 0 Å². The summed E-state index contributed by atoms with van der Waals surface area (Å²) in [6.07, 6.45) is -4.35. The highest BCUT2D eigenvalue weighted by Crippen LogP contribution is 2.27. The summed E-state index contributed by atoms with van der Waals surface area (Å²) >= 11 is 7.17. The molecule has 0 amide bonds. The maximum Gasteiger partial charge on any atom is 0.422 e. The molecule has 9 heteroatoms. The van der Waals surface area contributed by atoms with Crippen molar-refractivity contribution in [3.8, 4) is 17.2 Å². The minimum atomic E-state index is -4.35. The van der Waals surface area contributed by atoms with Gasteiger partial charge in [-0.1, -0.05) is 35.5 Å². The molecule has 0 atom stereocenters. The first-order valence-electron chi connectivity index (χ1n) is 7.40. The van der Waals surface area contributed by atoms with Crippen molar-refractivity contribution < 1.29 is 22.3 Å².